The van der Waals surface area contributed by atoms with E-state index >= 15 is 0 Å². The quantitative estimate of drug-likeness (QED) is 0.684. The third-order valence-corrected chi connectivity index (χ3v) is 5.92. The van der Waals surface area contributed by atoms with E-state index < -0.39 is 11.5 Å². The fourth-order valence-corrected chi connectivity index (χ4v) is 4.21. The van der Waals surface area contributed by atoms with E-state index in [0.29, 0.717) is 38.8 Å². The number of hydrogen-bond acceptors (Lipinski definition) is 5. The Labute approximate surface area is 170 Å². The SMILES string of the molecule is O=C1NCCCn2cc(nn2)CC2(CCNCC2)C(=O)N[C@H]1Cc1ccccc1. The zero-order valence-electron chi connectivity index (χ0n) is 16.6. The van der Waals surface area contributed by atoms with Crippen LogP contribution in [-0.4, -0.2) is 52.5 Å². The van der Waals surface area contributed by atoms with Gasteiger partial charge in [0.25, 0.3) is 0 Å². The summed E-state index contributed by atoms with van der Waals surface area (Å²) in [6, 6.07) is 9.22. The van der Waals surface area contributed by atoms with E-state index in [-0.39, 0.29) is 11.8 Å². The van der Waals surface area contributed by atoms with Gasteiger partial charge in [-0.2, -0.15) is 0 Å². The van der Waals surface area contributed by atoms with Crippen LogP contribution in [0.5, 0.6) is 0 Å². The third-order valence-electron chi connectivity index (χ3n) is 5.92. The van der Waals surface area contributed by atoms with Crippen LogP contribution in [0.4, 0.5) is 0 Å². The zero-order chi connectivity index (χ0) is 20.1. The van der Waals surface area contributed by atoms with Crippen LogP contribution >= 0.6 is 0 Å². The van der Waals surface area contributed by atoms with Crippen molar-refractivity contribution < 1.29 is 9.59 Å². The second-order valence-electron chi connectivity index (χ2n) is 8.04. The highest BCUT2D eigenvalue weighted by Gasteiger charge is 2.41. The Kier molecular flexibility index (Phi) is 5.89. The molecule has 8 nitrogen and oxygen atoms in total. The molecule has 1 fully saturated rings. The van der Waals surface area contributed by atoms with E-state index in [2.05, 4.69) is 26.3 Å². The van der Waals surface area contributed by atoms with Crippen molar-refractivity contribution in [1.29, 1.82) is 0 Å². The molecule has 1 atom stereocenters. The number of benzene rings is 1. The minimum absolute atomic E-state index is 0.0659. The number of rotatable bonds is 2. The van der Waals surface area contributed by atoms with Gasteiger partial charge in [0, 0.05) is 32.1 Å². The minimum Gasteiger partial charge on any atom is -0.354 e. The molecule has 3 heterocycles. The summed E-state index contributed by atoms with van der Waals surface area (Å²) in [6.07, 6.45) is 5.13. The fraction of sp³-hybridized carbons (Fsp3) is 0.524. The molecule has 1 spiro atoms. The van der Waals surface area contributed by atoms with E-state index in [1.807, 2.05) is 36.5 Å². The third kappa shape index (κ3) is 4.64. The van der Waals surface area contributed by atoms with Crippen molar-refractivity contribution in [3.63, 3.8) is 0 Å². The van der Waals surface area contributed by atoms with Gasteiger partial charge in [0.05, 0.1) is 11.1 Å². The summed E-state index contributed by atoms with van der Waals surface area (Å²) in [4.78, 5) is 26.4. The molecule has 0 radical (unpaired) electrons. The van der Waals surface area contributed by atoms with E-state index in [1.54, 1.807) is 4.68 Å². The number of carbonyl (C=O) groups excluding carboxylic acids is 2. The Morgan fingerprint density at radius 3 is 2.69 bits per heavy atom. The van der Waals surface area contributed by atoms with E-state index in [0.717, 1.165) is 30.8 Å². The molecule has 2 aromatic rings. The van der Waals surface area contributed by atoms with Gasteiger partial charge < -0.3 is 16.0 Å². The Bertz CT molecular complexity index is 844. The number of piperidine rings is 1. The molecule has 1 saturated heterocycles. The summed E-state index contributed by atoms with van der Waals surface area (Å²) in [5.74, 6) is -0.201. The van der Waals surface area contributed by atoms with Gasteiger partial charge in [0.15, 0.2) is 0 Å². The van der Waals surface area contributed by atoms with Crippen molar-refractivity contribution in [1.82, 2.24) is 30.9 Å². The summed E-state index contributed by atoms with van der Waals surface area (Å²) < 4.78 is 1.80. The van der Waals surface area contributed by atoms with Crippen molar-refractivity contribution in [3.8, 4) is 0 Å². The first-order chi connectivity index (χ1) is 14.1. The molecule has 1 aromatic heterocycles. The van der Waals surface area contributed by atoms with Crippen LogP contribution in [0.15, 0.2) is 36.5 Å². The number of carbonyl (C=O) groups is 2. The van der Waals surface area contributed by atoms with Crippen molar-refractivity contribution in [3.05, 3.63) is 47.8 Å². The average Bonchev–Trinajstić information content (AvgIpc) is 3.18. The highest BCUT2D eigenvalue weighted by Crippen LogP contribution is 2.33. The number of fused-ring (bicyclic) bond motifs is 2. The van der Waals surface area contributed by atoms with Gasteiger partial charge in [-0.3, -0.25) is 14.3 Å². The molecular weight excluding hydrogens is 368 g/mol. The summed E-state index contributed by atoms with van der Waals surface area (Å²) in [5, 5.41) is 17.9. The Morgan fingerprint density at radius 1 is 1.10 bits per heavy atom. The lowest BCUT2D eigenvalue weighted by Crippen LogP contribution is -2.55. The molecule has 0 unspecified atom stereocenters. The smallest absolute Gasteiger partial charge is 0.242 e. The minimum atomic E-state index is -0.592. The summed E-state index contributed by atoms with van der Waals surface area (Å²) >= 11 is 0. The first-order valence-corrected chi connectivity index (χ1v) is 10.4. The molecule has 0 saturated carbocycles. The van der Waals surface area contributed by atoms with Crippen molar-refractivity contribution in [2.75, 3.05) is 19.6 Å². The van der Waals surface area contributed by atoms with E-state index in [1.165, 1.54) is 0 Å². The molecule has 2 aliphatic heterocycles. The van der Waals surface area contributed by atoms with Gasteiger partial charge in [-0.05, 0) is 37.9 Å². The lowest BCUT2D eigenvalue weighted by atomic mass is 9.74. The maximum Gasteiger partial charge on any atom is 0.242 e. The molecule has 2 amide bonds. The Balaban J connectivity index is 1.61. The summed E-state index contributed by atoms with van der Waals surface area (Å²) in [5.41, 5.74) is 1.29. The van der Waals surface area contributed by atoms with Crippen molar-refractivity contribution >= 4 is 11.8 Å². The molecule has 0 aliphatic carbocycles. The fourth-order valence-electron chi connectivity index (χ4n) is 4.21. The standard InChI is InChI=1S/C21H28N6O2/c28-19-18(13-16-5-2-1-3-6-16)24-20(29)21(7-10-22-11-8-21)14-17-15-27(26-25-17)12-4-9-23-19/h1-3,5-6,15,18,22H,4,7-14H2,(H,23,28)(H,24,29)/t18-/m0/s1. The van der Waals surface area contributed by atoms with Crippen LogP contribution in [0.3, 0.4) is 0 Å². The van der Waals surface area contributed by atoms with Crippen LogP contribution in [0.25, 0.3) is 0 Å². The van der Waals surface area contributed by atoms with Gasteiger partial charge in [0.2, 0.25) is 11.8 Å². The lowest BCUT2D eigenvalue weighted by Gasteiger charge is -2.36. The van der Waals surface area contributed by atoms with Gasteiger partial charge in [0.1, 0.15) is 6.04 Å². The molecule has 4 rings (SSSR count). The highest BCUT2D eigenvalue weighted by molar-refractivity contribution is 5.90. The summed E-state index contributed by atoms with van der Waals surface area (Å²) in [7, 11) is 0. The van der Waals surface area contributed by atoms with Gasteiger partial charge in [-0.1, -0.05) is 35.5 Å². The van der Waals surface area contributed by atoms with Crippen molar-refractivity contribution in [2.45, 2.75) is 44.7 Å². The van der Waals surface area contributed by atoms with Crippen LogP contribution in [0, 0.1) is 5.41 Å². The van der Waals surface area contributed by atoms with Crippen LogP contribution in [-0.2, 0) is 29.0 Å². The molecule has 2 aliphatic rings. The maximum absolute atomic E-state index is 13.5. The molecule has 8 heteroatoms. The number of nitrogens with one attached hydrogen (secondary N) is 3. The molecule has 154 valence electrons. The maximum atomic E-state index is 13.5. The number of aromatic nitrogens is 3. The number of hydrogen-bond donors (Lipinski definition) is 3. The number of nitrogens with zero attached hydrogens (tertiary/aromatic N) is 3. The predicted octanol–water partition coefficient (Wildman–Crippen LogP) is 0.438. The predicted molar refractivity (Wildman–Crippen MR) is 108 cm³/mol. The highest BCUT2D eigenvalue weighted by atomic mass is 16.2. The first-order valence-electron chi connectivity index (χ1n) is 10.4. The Morgan fingerprint density at radius 2 is 1.90 bits per heavy atom. The van der Waals surface area contributed by atoms with Gasteiger partial charge in [-0.25, -0.2) is 0 Å². The van der Waals surface area contributed by atoms with E-state index in [4.69, 9.17) is 0 Å². The second-order valence-corrected chi connectivity index (χ2v) is 8.04. The van der Waals surface area contributed by atoms with Crippen LogP contribution < -0.4 is 16.0 Å². The number of aryl methyl sites for hydroxylation is 1. The monoisotopic (exact) mass is 396 g/mol. The molecule has 29 heavy (non-hydrogen) atoms. The van der Waals surface area contributed by atoms with E-state index in [9.17, 15) is 9.59 Å². The second kappa shape index (κ2) is 8.73. The molecule has 3 N–H and O–H groups in total. The normalized spacial score (nSPS) is 22.7. The van der Waals surface area contributed by atoms with Gasteiger partial charge >= 0.3 is 0 Å². The van der Waals surface area contributed by atoms with Crippen LogP contribution in [0.1, 0.15) is 30.5 Å². The van der Waals surface area contributed by atoms with Gasteiger partial charge in [-0.15, -0.1) is 5.10 Å². The van der Waals surface area contributed by atoms with Crippen LogP contribution in [0.2, 0.25) is 0 Å². The zero-order valence-corrected chi connectivity index (χ0v) is 16.6. The average molecular weight is 396 g/mol. The first kappa shape index (κ1) is 19.6. The Hall–Kier alpha value is -2.74. The lowest BCUT2D eigenvalue weighted by molar-refractivity contribution is -0.136. The summed E-state index contributed by atoms with van der Waals surface area (Å²) in [6.45, 7) is 2.77. The van der Waals surface area contributed by atoms with Crippen molar-refractivity contribution in [2.24, 2.45) is 5.41 Å². The molecule has 2 bridgehead atoms. The molecule has 1 aromatic carbocycles. The topological polar surface area (TPSA) is 101 Å². The molecular formula is C21H28N6O2. The largest absolute Gasteiger partial charge is 0.354 e. The number of amides is 2.